The predicted molar refractivity (Wildman–Crippen MR) is 96.1 cm³/mol. The molecule has 2 rings (SSSR count). The SMILES string of the molecule is CCNC(=NCCc1ccc(OCC(N)=O)cc1)NC1CC=CC1. The molecule has 0 unspecified atom stereocenters. The van der Waals surface area contributed by atoms with Gasteiger partial charge in [0.2, 0.25) is 0 Å². The molecule has 6 nitrogen and oxygen atoms in total. The molecule has 0 aliphatic heterocycles. The van der Waals surface area contributed by atoms with Gasteiger partial charge in [-0.3, -0.25) is 9.79 Å². The second-order valence-corrected chi connectivity index (χ2v) is 5.69. The van der Waals surface area contributed by atoms with Crippen LogP contribution in [0, 0.1) is 0 Å². The molecule has 0 heterocycles. The van der Waals surface area contributed by atoms with Crippen molar-refractivity contribution in [1.29, 1.82) is 0 Å². The molecular weight excluding hydrogens is 304 g/mol. The van der Waals surface area contributed by atoms with E-state index >= 15 is 0 Å². The molecule has 1 aromatic rings. The summed E-state index contributed by atoms with van der Waals surface area (Å²) in [4.78, 5) is 15.3. The summed E-state index contributed by atoms with van der Waals surface area (Å²) in [6, 6.07) is 8.09. The highest BCUT2D eigenvalue weighted by Gasteiger charge is 2.11. The smallest absolute Gasteiger partial charge is 0.255 e. The molecule has 0 aromatic heterocycles. The number of guanidine groups is 1. The molecular formula is C18H26N4O2. The summed E-state index contributed by atoms with van der Waals surface area (Å²) in [5, 5.41) is 6.73. The van der Waals surface area contributed by atoms with Crippen molar-refractivity contribution in [3.05, 3.63) is 42.0 Å². The van der Waals surface area contributed by atoms with Crippen molar-refractivity contribution < 1.29 is 9.53 Å². The van der Waals surface area contributed by atoms with E-state index in [9.17, 15) is 4.79 Å². The third-order valence-electron chi connectivity index (χ3n) is 3.67. The normalized spacial score (nSPS) is 14.6. The van der Waals surface area contributed by atoms with E-state index in [1.807, 2.05) is 24.3 Å². The van der Waals surface area contributed by atoms with Gasteiger partial charge >= 0.3 is 0 Å². The van der Waals surface area contributed by atoms with Gasteiger partial charge in [-0.05, 0) is 43.9 Å². The second kappa shape index (κ2) is 9.60. The van der Waals surface area contributed by atoms with Crippen LogP contribution in [0.1, 0.15) is 25.3 Å². The Kier molecular flexibility index (Phi) is 7.14. The Morgan fingerprint density at radius 2 is 2.00 bits per heavy atom. The molecule has 0 radical (unpaired) electrons. The number of carbonyl (C=O) groups is 1. The summed E-state index contributed by atoms with van der Waals surface area (Å²) in [7, 11) is 0. The van der Waals surface area contributed by atoms with Gasteiger partial charge in [0.15, 0.2) is 12.6 Å². The zero-order valence-corrected chi connectivity index (χ0v) is 14.1. The molecule has 0 fully saturated rings. The molecule has 1 aliphatic rings. The number of benzene rings is 1. The van der Waals surface area contributed by atoms with Gasteiger partial charge in [-0.1, -0.05) is 24.3 Å². The van der Waals surface area contributed by atoms with Crippen LogP contribution in [-0.4, -0.2) is 37.6 Å². The molecule has 1 aromatic carbocycles. The number of carbonyl (C=O) groups excluding carboxylic acids is 1. The van der Waals surface area contributed by atoms with Gasteiger partial charge in [-0.2, -0.15) is 0 Å². The Morgan fingerprint density at radius 3 is 2.62 bits per heavy atom. The van der Waals surface area contributed by atoms with Gasteiger partial charge in [0, 0.05) is 19.1 Å². The molecule has 130 valence electrons. The van der Waals surface area contributed by atoms with E-state index in [1.54, 1.807) is 0 Å². The van der Waals surface area contributed by atoms with Gasteiger partial charge in [0.1, 0.15) is 5.75 Å². The zero-order chi connectivity index (χ0) is 17.2. The van der Waals surface area contributed by atoms with Crippen molar-refractivity contribution in [3.8, 4) is 5.75 Å². The Hall–Kier alpha value is -2.50. The maximum atomic E-state index is 10.7. The lowest BCUT2D eigenvalue weighted by Crippen LogP contribution is -2.42. The van der Waals surface area contributed by atoms with Gasteiger partial charge < -0.3 is 21.1 Å². The number of ether oxygens (including phenoxy) is 1. The number of hydrogen-bond acceptors (Lipinski definition) is 3. The van der Waals surface area contributed by atoms with Gasteiger partial charge in [0.05, 0.1) is 0 Å². The summed E-state index contributed by atoms with van der Waals surface area (Å²) in [5.74, 6) is 1.03. The highest BCUT2D eigenvalue weighted by molar-refractivity contribution is 5.80. The number of rotatable bonds is 8. The summed E-state index contributed by atoms with van der Waals surface area (Å²) in [6.07, 6.45) is 7.34. The van der Waals surface area contributed by atoms with Crippen molar-refractivity contribution in [1.82, 2.24) is 10.6 Å². The highest BCUT2D eigenvalue weighted by Crippen LogP contribution is 2.12. The number of primary amides is 1. The monoisotopic (exact) mass is 330 g/mol. The average Bonchev–Trinajstić information content (AvgIpc) is 3.07. The van der Waals surface area contributed by atoms with E-state index in [1.165, 1.54) is 5.56 Å². The van der Waals surface area contributed by atoms with Crippen LogP contribution in [0.15, 0.2) is 41.4 Å². The van der Waals surface area contributed by atoms with E-state index in [0.717, 1.165) is 31.8 Å². The number of nitrogens with two attached hydrogens (primary N) is 1. The summed E-state index contributed by atoms with van der Waals surface area (Å²) in [6.45, 7) is 3.52. The topological polar surface area (TPSA) is 88.7 Å². The molecule has 1 amide bonds. The quantitative estimate of drug-likeness (QED) is 0.381. The number of nitrogens with zero attached hydrogens (tertiary/aromatic N) is 1. The summed E-state index contributed by atoms with van der Waals surface area (Å²) in [5.41, 5.74) is 6.22. The third-order valence-corrected chi connectivity index (χ3v) is 3.67. The largest absolute Gasteiger partial charge is 0.484 e. The molecule has 24 heavy (non-hydrogen) atoms. The molecule has 0 atom stereocenters. The van der Waals surface area contributed by atoms with Crippen LogP contribution in [-0.2, 0) is 11.2 Å². The van der Waals surface area contributed by atoms with Crippen LogP contribution in [0.3, 0.4) is 0 Å². The van der Waals surface area contributed by atoms with Crippen molar-refractivity contribution in [2.45, 2.75) is 32.2 Å². The lowest BCUT2D eigenvalue weighted by atomic mass is 10.1. The first-order valence-electron chi connectivity index (χ1n) is 8.37. The van der Waals surface area contributed by atoms with Gasteiger partial charge in [0.25, 0.3) is 5.91 Å². The molecule has 6 heteroatoms. The lowest BCUT2D eigenvalue weighted by molar-refractivity contribution is -0.119. The van der Waals surface area contributed by atoms with E-state index in [2.05, 4.69) is 34.7 Å². The fraction of sp³-hybridized carbons (Fsp3) is 0.444. The van der Waals surface area contributed by atoms with Crippen molar-refractivity contribution in [2.75, 3.05) is 19.7 Å². The highest BCUT2D eigenvalue weighted by atomic mass is 16.5. The molecule has 4 N–H and O–H groups in total. The van der Waals surface area contributed by atoms with Crippen molar-refractivity contribution in [3.63, 3.8) is 0 Å². The fourth-order valence-electron chi connectivity index (χ4n) is 2.45. The Bertz CT molecular complexity index is 573. The van der Waals surface area contributed by atoms with Crippen LogP contribution < -0.4 is 21.1 Å². The standard InChI is InChI=1S/C18H26N4O2/c1-2-20-18(22-15-5-3-4-6-15)21-12-11-14-7-9-16(10-8-14)24-13-17(19)23/h3-4,7-10,15H,2,5-6,11-13H2,1H3,(H2,19,23)(H2,20,21,22). The number of aliphatic imine (C=N–C) groups is 1. The van der Waals surface area contributed by atoms with Crippen LogP contribution >= 0.6 is 0 Å². The van der Waals surface area contributed by atoms with E-state index in [4.69, 9.17) is 10.5 Å². The molecule has 0 bridgehead atoms. The van der Waals surface area contributed by atoms with Crippen LogP contribution in [0.5, 0.6) is 5.75 Å². The first kappa shape index (κ1) is 17.8. The molecule has 1 aliphatic carbocycles. The van der Waals surface area contributed by atoms with E-state index < -0.39 is 5.91 Å². The maximum absolute atomic E-state index is 10.7. The summed E-state index contributed by atoms with van der Waals surface area (Å²) < 4.78 is 5.24. The molecule has 0 saturated carbocycles. The Labute approximate surface area is 143 Å². The number of amides is 1. The van der Waals surface area contributed by atoms with Crippen LogP contribution in [0.25, 0.3) is 0 Å². The third kappa shape index (κ3) is 6.32. The van der Waals surface area contributed by atoms with Crippen LogP contribution in [0.2, 0.25) is 0 Å². The first-order valence-corrected chi connectivity index (χ1v) is 8.37. The lowest BCUT2D eigenvalue weighted by Gasteiger charge is -2.16. The van der Waals surface area contributed by atoms with E-state index in [-0.39, 0.29) is 6.61 Å². The number of hydrogen-bond donors (Lipinski definition) is 3. The minimum absolute atomic E-state index is 0.0998. The van der Waals surface area contributed by atoms with Crippen LogP contribution in [0.4, 0.5) is 0 Å². The van der Waals surface area contributed by atoms with Crippen molar-refractivity contribution in [2.24, 2.45) is 10.7 Å². The van der Waals surface area contributed by atoms with E-state index in [0.29, 0.717) is 18.3 Å². The average molecular weight is 330 g/mol. The first-order chi connectivity index (χ1) is 11.7. The zero-order valence-electron chi connectivity index (χ0n) is 14.1. The number of nitrogens with one attached hydrogen (secondary N) is 2. The van der Waals surface area contributed by atoms with Gasteiger partial charge in [-0.15, -0.1) is 0 Å². The molecule has 0 saturated heterocycles. The second-order valence-electron chi connectivity index (χ2n) is 5.69. The van der Waals surface area contributed by atoms with Crippen molar-refractivity contribution >= 4 is 11.9 Å². The summed E-state index contributed by atoms with van der Waals surface area (Å²) >= 11 is 0. The minimum Gasteiger partial charge on any atom is -0.484 e. The predicted octanol–water partition coefficient (Wildman–Crippen LogP) is 1.37. The minimum atomic E-state index is -0.477. The molecule has 0 spiro atoms. The Balaban J connectivity index is 1.80. The fourth-order valence-corrected chi connectivity index (χ4v) is 2.45. The Morgan fingerprint density at radius 1 is 1.29 bits per heavy atom. The van der Waals surface area contributed by atoms with Gasteiger partial charge in [-0.25, -0.2) is 0 Å². The maximum Gasteiger partial charge on any atom is 0.255 e.